The van der Waals surface area contributed by atoms with E-state index in [1.807, 2.05) is 24.3 Å². The molecule has 1 aromatic rings. The molecule has 0 spiro atoms. The first-order chi connectivity index (χ1) is 10.9. The molecule has 3 atom stereocenters. The van der Waals surface area contributed by atoms with Gasteiger partial charge in [0.2, 0.25) is 0 Å². The lowest BCUT2D eigenvalue weighted by molar-refractivity contribution is -0.127. The average Bonchev–Trinajstić information content (AvgIpc) is 2.94. The zero-order valence-electron chi connectivity index (χ0n) is 14.4. The second kappa shape index (κ2) is 7.64. The highest BCUT2D eigenvalue weighted by atomic mass is 16.5. The monoisotopic (exact) mass is 317 g/mol. The van der Waals surface area contributed by atoms with Crippen LogP contribution in [0.25, 0.3) is 0 Å². The zero-order chi connectivity index (χ0) is 17.0. The lowest BCUT2D eigenvalue weighted by atomic mass is 9.98. The fourth-order valence-corrected chi connectivity index (χ4v) is 2.94. The topological polar surface area (TPSA) is 58.6 Å². The highest BCUT2D eigenvalue weighted by Crippen LogP contribution is 2.24. The third-order valence-corrected chi connectivity index (χ3v) is 4.28. The van der Waals surface area contributed by atoms with E-state index >= 15 is 0 Å². The summed E-state index contributed by atoms with van der Waals surface area (Å²) in [5.74, 6) is 1.19. The number of hydrogen-bond donors (Lipinski definition) is 2. The lowest BCUT2D eigenvalue weighted by Gasteiger charge is -2.19. The first-order valence-corrected chi connectivity index (χ1v) is 8.27. The Morgan fingerprint density at radius 2 is 2.09 bits per heavy atom. The van der Waals surface area contributed by atoms with Crippen LogP contribution in [-0.2, 0) is 4.79 Å². The molecule has 0 aliphatic heterocycles. The van der Waals surface area contributed by atoms with E-state index in [9.17, 15) is 4.79 Å². The Balaban J connectivity index is 1.91. The van der Waals surface area contributed by atoms with Gasteiger partial charge >= 0.3 is 0 Å². The Bertz CT molecular complexity index is 580. The van der Waals surface area contributed by atoms with Crippen molar-refractivity contribution >= 4 is 5.91 Å². The number of rotatable bonds is 6. The molecule has 4 nitrogen and oxygen atoms in total. The number of amides is 1. The number of nitrogens with one attached hydrogen (secondary N) is 1. The van der Waals surface area contributed by atoms with Gasteiger partial charge < -0.3 is 15.2 Å². The number of aliphatic hydroxyl groups excluding tert-OH is 1. The standard InChI is InChI=1S/C19H27NO3/c1-12(2)18-8-7-17(9-13(18)3)23-14(4)19(22)20-16-6-5-15(10-16)11-21/h5-9,12,14-16,21H,10-11H2,1-4H3,(H,20,22)/t14?,15-,16+/m0/s1. The summed E-state index contributed by atoms with van der Waals surface area (Å²) in [6.45, 7) is 8.26. The first kappa shape index (κ1) is 17.5. The van der Waals surface area contributed by atoms with Crippen molar-refractivity contribution in [2.75, 3.05) is 6.61 Å². The van der Waals surface area contributed by atoms with Gasteiger partial charge in [0, 0.05) is 18.6 Å². The second-order valence-electron chi connectivity index (χ2n) is 6.61. The molecule has 0 bridgehead atoms. The number of aliphatic hydroxyl groups is 1. The molecule has 2 N–H and O–H groups in total. The van der Waals surface area contributed by atoms with Crippen molar-refractivity contribution in [2.24, 2.45) is 5.92 Å². The third-order valence-electron chi connectivity index (χ3n) is 4.28. The molecule has 1 aromatic carbocycles. The predicted octanol–water partition coefficient (Wildman–Crippen LogP) is 2.94. The summed E-state index contributed by atoms with van der Waals surface area (Å²) >= 11 is 0. The van der Waals surface area contributed by atoms with E-state index in [1.54, 1.807) is 6.92 Å². The van der Waals surface area contributed by atoms with Crippen LogP contribution in [-0.4, -0.2) is 29.8 Å². The average molecular weight is 317 g/mol. The Morgan fingerprint density at radius 3 is 2.65 bits per heavy atom. The van der Waals surface area contributed by atoms with E-state index in [2.05, 4.69) is 32.2 Å². The molecule has 126 valence electrons. The van der Waals surface area contributed by atoms with E-state index in [1.165, 1.54) is 11.1 Å². The number of aryl methyl sites for hydroxylation is 1. The molecule has 2 rings (SSSR count). The minimum atomic E-state index is -0.555. The maximum Gasteiger partial charge on any atom is 0.261 e. The maximum absolute atomic E-state index is 12.2. The lowest BCUT2D eigenvalue weighted by Crippen LogP contribution is -2.41. The summed E-state index contributed by atoms with van der Waals surface area (Å²) in [7, 11) is 0. The summed E-state index contributed by atoms with van der Waals surface area (Å²) in [6, 6.07) is 5.95. The van der Waals surface area contributed by atoms with Crippen molar-refractivity contribution in [1.82, 2.24) is 5.32 Å². The number of benzene rings is 1. The van der Waals surface area contributed by atoms with Crippen molar-refractivity contribution < 1.29 is 14.6 Å². The van der Waals surface area contributed by atoms with Crippen LogP contribution >= 0.6 is 0 Å². The molecule has 1 aliphatic rings. The number of carbonyl (C=O) groups excluding carboxylic acids is 1. The van der Waals surface area contributed by atoms with Gasteiger partial charge in [0.1, 0.15) is 5.75 Å². The molecule has 1 unspecified atom stereocenters. The van der Waals surface area contributed by atoms with E-state index in [4.69, 9.17) is 9.84 Å². The van der Waals surface area contributed by atoms with Crippen molar-refractivity contribution in [3.05, 3.63) is 41.5 Å². The van der Waals surface area contributed by atoms with Crippen LogP contribution in [0.2, 0.25) is 0 Å². The molecular formula is C19H27NO3. The molecule has 0 heterocycles. The maximum atomic E-state index is 12.2. The molecule has 0 aromatic heterocycles. The normalized spacial score (nSPS) is 21.5. The van der Waals surface area contributed by atoms with Crippen LogP contribution in [0.1, 0.15) is 44.2 Å². The molecule has 0 saturated heterocycles. The van der Waals surface area contributed by atoms with Crippen molar-refractivity contribution in [2.45, 2.75) is 52.2 Å². The SMILES string of the molecule is Cc1cc(OC(C)C(=O)N[C@@H]2C=C[C@H](CO)C2)ccc1C(C)C. The van der Waals surface area contributed by atoms with Crippen LogP contribution in [0, 0.1) is 12.8 Å². The van der Waals surface area contributed by atoms with Gasteiger partial charge in [-0.15, -0.1) is 0 Å². The van der Waals surface area contributed by atoms with Gasteiger partial charge in [-0.3, -0.25) is 4.79 Å². The molecule has 1 amide bonds. The fourth-order valence-electron chi connectivity index (χ4n) is 2.94. The summed E-state index contributed by atoms with van der Waals surface area (Å²) in [5, 5.41) is 12.1. The second-order valence-corrected chi connectivity index (χ2v) is 6.61. The number of ether oxygens (including phenoxy) is 1. The van der Waals surface area contributed by atoms with Crippen LogP contribution in [0.15, 0.2) is 30.4 Å². The predicted molar refractivity (Wildman–Crippen MR) is 91.6 cm³/mol. The van der Waals surface area contributed by atoms with Gasteiger partial charge in [-0.05, 0) is 49.4 Å². The summed E-state index contributed by atoms with van der Waals surface area (Å²) in [4.78, 5) is 12.2. The van der Waals surface area contributed by atoms with Crippen LogP contribution < -0.4 is 10.1 Å². The Morgan fingerprint density at radius 1 is 1.35 bits per heavy atom. The molecule has 0 fully saturated rings. The molecule has 0 saturated carbocycles. The van der Waals surface area contributed by atoms with Crippen molar-refractivity contribution in [1.29, 1.82) is 0 Å². The molecule has 1 aliphatic carbocycles. The number of carbonyl (C=O) groups is 1. The van der Waals surface area contributed by atoms with E-state index in [-0.39, 0.29) is 24.5 Å². The summed E-state index contributed by atoms with van der Waals surface area (Å²) in [5.41, 5.74) is 2.47. The van der Waals surface area contributed by atoms with E-state index < -0.39 is 6.10 Å². The first-order valence-electron chi connectivity index (χ1n) is 8.27. The highest BCUT2D eigenvalue weighted by Gasteiger charge is 2.23. The van der Waals surface area contributed by atoms with Crippen molar-refractivity contribution in [3.63, 3.8) is 0 Å². The van der Waals surface area contributed by atoms with Gasteiger partial charge in [0.05, 0.1) is 0 Å². The van der Waals surface area contributed by atoms with Crippen LogP contribution in [0.3, 0.4) is 0 Å². The fraction of sp³-hybridized carbons (Fsp3) is 0.526. The minimum absolute atomic E-state index is 0.0178. The van der Waals surface area contributed by atoms with E-state index in [0.29, 0.717) is 11.7 Å². The van der Waals surface area contributed by atoms with E-state index in [0.717, 1.165) is 6.42 Å². The Hall–Kier alpha value is -1.81. The minimum Gasteiger partial charge on any atom is -0.481 e. The van der Waals surface area contributed by atoms with Gasteiger partial charge in [-0.1, -0.05) is 32.1 Å². The Kier molecular flexibility index (Phi) is 5.83. The highest BCUT2D eigenvalue weighted by molar-refractivity contribution is 5.81. The van der Waals surface area contributed by atoms with Crippen LogP contribution in [0.4, 0.5) is 0 Å². The number of hydrogen-bond acceptors (Lipinski definition) is 3. The van der Waals surface area contributed by atoms with Gasteiger partial charge in [0.25, 0.3) is 5.91 Å². The molecular weight excluding hydrogens is 290 g/mol. The smallest absolute Gasteiger partial charge is 0.261 e. The summed E-state index contributed by atoms with van der Waals surface area (Å²) < 4.78 is 5.77. The van der Waals surface area contributed by atoms with Gasteiger partial charge in [0.15, 0.2) is 6.10 Å². The Labute approximate surface area is 138 Å². The molecule has 0 radical (unpaired) electrons. The van der Waals surface area contributed by atoms with Gasteiger partial charge in [-0.2, -0.15) is 0 Å². The quantitative estimate of drug-likeness (QED) is 0.793. The van der Waals surface area contributed by atoms with Crippen molar-refractivity contribution in [3.8, 4) is 5.75 Å². The molecule has 4 heteroatoms. The summed E-state index contributed by atoms with van der Waals surface area (Å²) in [6.07, 6.45) is 4.08. The third kappa shape index (κ3) is 4.58. The van der Waals surface area contributed by atoms with Gasteiger partial charge in [-0.25, -0.2) is 0 Å². The zero-order valence-corrected chi connectivity index (χ0v) is 14.4. The largest absolute Gasteiger partial charge is 0.481 e. The molecule has 23 heavy (non-hydrogen) atoms. The van der Waals surface area contributed by atoms with Crippen LogP contribution in [0.5, 0.6) is 5.75 Å².